The maximum absolute atomic E-state index is 13.7. The van der Waals surface area contributed by atoms with Gasteiger partial charge in [-0.05, 0) is 67.9 Å². The number of carbonyl (C=O) groups is 1. The normalized spacial score (nSPS) is 14.8. The number of rotatable bonds is 12. The molecular formula is C35H40Cl2F3N5O4. The van der Waals surface area contributed by atoms with Crippen molar-refractivity contribution < 1.29 is 32.2 Å². The Morgan fingerprint density at radius 3 is 2.31 bits per heavy atom. The predicted molar refractivity (Wildman–Crippen MR) is 186 cm³/mol. The second kappa shape index (κ2) is 15.8. The minimum atomic E-state index is -4.38. The summed E-state index contributed by atoms with van der Waals surface area (Å²) in [6.45, 7) is 2.50. The molecule has 49 heavy (non-hydrogen) atoms. The third-order valence-electron chi connectivity index (χ3n) is 8.80. The molecule has 0 bridgehead atoms. The van der Waals surface area contributed by atoms with Crippen LogP contribution < -0.4 is 19.1 Å². The van der Waals surface area contributed by atoms with Crippen molar-refractivity contribution in [3.63, 3.8) is 0 Å². The molecule has 264 valence electrons. The largest absolute Gasteiger partial charge is 0.493 e. The average molecular weight is 723 g/mol. The lowest BCUT2D eigenvalue weighted by atomic mass is 9.94. The van der Waals surface area contributed by atoms with Crippen LogP contribution in [-0.4, -0.2) is 99.1 Å². The zero-order chi connectivity index (χ0) is 35.3. The smallest absolute Gasteiger partial charge is 0.406 e. The first-order valence-electron chi connectivity index (χ1n) is 15.9. The van der Waals surface area contributed by atoms with E-state index in [2.05, 4.69) is 9.88 Å². The highest BCUT2D eigenvalue weighted by atomic mass is 35.5. The molecule has 1 amide bonds. The quantitative estimate of drug-likeness (QED) is 0.151. The molecule has 1 fully saturated rings. The Morgan fingerprint density at radius 1 is 0.939 bits per heavy atom. The molecule has 14 heteroatoms. The summed E-state index contributed by atoms with van der Waals surface area (Å²) in [5.74, 6) is 1.16. The zero-order valence-electron chi connectivity index (χ0n) is 27.9. The van der Waals surface area contributed by atoms with Gasteiger partial charge in [-0.2, -0.15) is 13.2 Å². The number of para-hydroxylation sites is 2. The first-order chi connectivity index (χ1) is 23.4. The van der Waals surface area contributed by atoms with Crippen molar-refractivity contribution in [3.05, 3.63) is 75.8 Å². The van der Waals surface area contributed by atoms with E-state index in [1.54, 1.807) is 54.4 Å². The van der Waals surface area contributed by atoms with Gasteiger partial charge in [0.15, 0.2) is 11.5 Å². The van der Waals surface area contributed by atoms with Gasteiger partial charge in [-0.15, -0.1) is 0 Å². The van der Waals surface area contributed by atoms with Crippen molar-refractivity contribution in [3.8, 4) is 17.2 Å². The van der Waals surface area contributed by atoms with Crippen LogP contribution in [0.4, 0.5) is 19.1 Å². The maximum Gasteiger partial charge on any atom is 0.406 e. The van der Waals surface area contributed by atoms with E-state index in [1.807, 2.05) is 17.0 Å². The Balaban J connectivity index is 1.31. The van der Waals surface area contributed by atoms with Gasteiger partial charge in [0.05, 0.1) is 42.4 Å². The maximum atomic E-state index is 13.7. The van der Waals surface area contributed by atoms with Crippen LogP contribution >= 0.6 is 23.2 Å². The van der Waals surface area contributed by atoms with Gasteiger partial charge in [0.2, 0.25) is 11.7 Å². The van der Waals surface area contributed by atoms with Crippen molar-refractivity contribution in [1.29, 1.82) is 0 Å². The summed E-state index contributed by atoms with van der Waals surface area (Å²) in [6.07, 6.45) is -2.93. The second-order valence-electron chi connectivity index (χ2n) is 12.0. The Labute approximate surface area is 294 Å². The molecule has 5 rings (SSSR count). The molecule has 4 aromatic rings. The summed E-state index contributed by atoms with van der Waals surface area (Å²) in [5.41, 5.74) is 2.33. The summed E-state index contributed by atoms with van der Waals surface area (Å²) in [4.78, 5) is 24.2. The molecule has 0 N–H and O–H groups in total. The summed E-state index contributed by atoms with van der Waals surface area (Å²) < 4.78 is 58.4. The molecule has 1 aliphatic heterocycles. The molecule has 1 saturated heterocycles. The summed E-state index contributed by atoms with van der Waals surface area (Å²) in [6, 6.07) is 15.7. The van der Waals surface area contributed by atoms with E-state index < -0.39 is 12.7 Å². The van der Waals surface area contributed by atoms with Gasteiger partial charge < -0.3 is 33.5 Å². The van der Waals surface area contributed by atoms with Gasteiger partial charge in [-0.1, -0.05) is 41.4 Å². The second-order valence-corrected chi connectivity index (χ2v) is 12.9. The minimum Gasteiger partial charge on any atom is -0.493 e. The van der Waals surface area contributed by atoms with Gasteiger partial charge in [-0.3, -0.25) is 4.79 Å². The highest BCUT2D eigenvalue weighted by molar-refractivity contribution is 6.42. The SMILES string of the molecule is COc1cc(C(=O)N(C)CC(CCN2CCCN(c3nc4ccccc4n3CC(F)(F)F)CC2)c2ccc(Cl)c(Cl)c2)cc(OC)c1OC. The number of halogens is 5. The number of benzene rings is 3. The lowest BCUT2D eigenvalue weighted by Crippen LogP contribution is -2.35. The van der Waals surface area contributed by atoms with Gasteiger partial charge in [0.25, 0.3) is 5.91 Å². The zero-order valence-corrected chi connectivity index (χ0v) is 29.4. The van der Waals surface area contributed by atoms with E-state index in [1.165, 1.54) is 25.9 Å². The fraction of sp³-hybridized carbons (Fsp3) is 0.429. The predicted octanol–water partition coefficient (Wildman–Crippen LogP) is 7.39. The Bertz CT molecular complexity index is 1740. The van der Waals surface area contributed by atoms with Crippen molar-refractivity contribution >= 4 is 46.1 Å². The monoisotopic (exact) mass is 721 g/mol. The first-order valence-corrected chi connectivity index (χ1v) is 16.7. The number of likely N-dealkylation sites (N-methyl/N-ethyl adjacent to an activating group) is 1. The molecule has 2 heterocycles. The number of hydrogen-bond donors (Lipinski definition) is 0. The molecule has 9 nitrogen and oxygen atoms in total. The fourth-order valence-corrected chi connectivity index (χ4v) is 6.65. The standard InChI is InChI=1S/C35H40Cl2F3N5O4/c1-42(33(46)25-19-30(47-2)32(49-4)31(20-25)48-3)21-24(23-10-11-26(36)27(37)18-23)12-15-43-13-7-14-44(17-16-43)34-41-28-8-5-6-9-29(28)45(34)22-35(38,39)40/h5-6,8-11,18-20,24H,7,12-17,21-22H2,1-4H3. The van der Waals surface area contributed by atoms with E-state index in [0.717, 1.165) is 18.5 Å². The lowest BCUT2D eigenvalue weighted by Gasteiger charge is -2.28. The molecule has 0 radical (unpaired) electrons. The third kappa shape index (κ3) is 8.66. The average Bonchev–Trinajstić information content (AvgIpc) is 3.26. The topological polar surface area (TPSA) is 72.3 Å². The molecule has 3 aromatic carbocycles. The van der Waals surface area contributed by atoms with E-state index in [-0.39, 0.29) is 11.8 Å². The number of aromatic nitrogens is 2. The van der Waals surface area contributed by atoms with Gasteiger partial charge in [-0.25, -0.2) is 4.98 Å². The number of imidazole rings is 1. The number of ether oxygens (including phenoxy) is 3. The highest BCUT2D eigenvalue weighted by Crippen LogP contribution is 2.39. The molecule has 1 aromatic heterocycles. The van der Waals surface area contributed by atoms with Crippen LogP contribution in [0.1, 0.15) is 34.7 Å². The molecule has 1 unspecified atom stereocenters. The molecule has 1 atom stereocenters. The number of methoxy groups -OCH3 is 3. The van der Waals surface area contributed by atoms with Crippen LogP contribution in [0, 0.1) is 0 Å². The molecule has 0 saturated carbocycles. The van der Waals surface area contributed by atoms with Crippen LogP contribution in [0.5, 0.6) is 17.2 Å². The molecule has 1 aliphatic rings. The van der Waals surface area contributed by atoms with Gasteiger partial charge in [0.1, 0.15) is 6.54 Å². The van der Waals surface area contributed by atoms with Crippen molar-refractivity contribution in [2.24, 2.45) is 0 Å². The number of amides is 1. The van der Waals surface area contributed by atoms with Gasteiger partial charge in [0, 0.05) is 44.7 Å². The van der Waals surface area contributed by atoms with Crippen LogP contribution in [0.25, 0.3) is 11.0 Å². The summed E-state index contributed by atoms with van der Waals surface area (Å²) in [7, 11) is 6.24. The Morgan fingerprint density at radius 2 is 1.65 bits per heavy atom. The van der Waals surface area contributed by atoms with Crippen molar-refractivity contribution in [2.45, 2.75) is 31.5 Å². The number of hydrogen-bond acceptors (Lipinski definition) is 7. The minimum absolute atomic E-state index is 0.0962. The molecule has 0 spiro atoms. The first kappa shape index (κ1) is 36.4. The summed E-state index contributed by atoms with van der Waals surface area (Å²) >= 11 is 12.7. The van der Waals surface area contributed by atoms with E-state index in [0.29, 0.717) is 89.0 Å². The van der Waals surface area contributed by atoms with Crippen LogP contribution in [-0.2, 0) is 6.54 Å². The number of anilines is 1. The van der Waals surface area contributed by atoms with E-state index >= 15 is 0 Å². The Kier molecular flexibility index (Phi) is 11.7. The number of nitrogens with zero attached hydrogens (tertiary/aromatic N) is 5. The Hall–Kier alpha value is -3.87. The van der Waals surface area contributed by atoms with Crippen molar-refractivity contribution in [2.75, 3.05) is 72.5 Å². The van der Waals surface area contributed by atoms with Gasteiger partial charge >= 0.3 is 6.18 Å². The highest BCUT2D eigenvalue weighted by Gasteiger charge is 2.32. The fourth-order valence-electron chi connectivity index (χ4n) is 6.34. The third-order valence-corrected chi connectivity index (χ3v) is 9.54. The van der Waals surface area contributed by atoms with Crippen LogP contribution in [0.2, 0.25) is 10.0 Å². The number of carbonyl (C=O) groups excluding carboxylic acids is 1. The van der Waals surface area contributed by atoms with E-state index in [4.69, 9.17) is 37.4 Å². The lowest BCUT2D eigenvalue weighted by molar-refractivity contribution is -0.139. The van der Waals surface area contributed by atoms with E-state index in [9.17, 15) is 18.0 Å². The van der Waals surface area contributed by atoms with Crippen LogP contribution in [0.15, 0.2) is 54.6 Å². The molecule has 0 aliphatic carbocycles. The number of alkyl halides is 3. The summed E-state index contributed by atoms with van der Waals surface area (Å²) in [5, 5.41) is 0.866. The number of fused-ring (bicyclic) bond motifs is 1. The molecular weight excluding hydrogens is 682 g/mol. The van der Waals surface area contributed by atoms with Crippen molar-refractivity contribution in [1.82, 2.24) is 19.4 Å². The van der Waals surface area contributed by atoms with Crippen LogP contribution in [0.3, 0.4) is 0 Å².